The number of hydrogen-bond donors (Lipinski definition) is 0. The summed E-state index contributed by atoms with van der Waals surface area (Å²) < 4.78 is 39.8. The van der Waals surface area contributed by atoms with Gasteiger partial charge >= 0.3 is 6.36 Å². The number of carbonyl (C=O) groups is 1. The van der Waals surface area contributed by atoms with E-state index in [0.29, 0.717) is 6.54 Å². The smallest absolute Gasteiger partial charge is 0.406 e. The fourth-order valence-corrected chi connectivity index (χ4v) is 1.61. The minimum absolute atomic E-state index is 0.160. The zero-order valence-electron chi connectivity index (χ0n) is 10.9. The van der Waals surface area contributed by atoms with Crippen LogP contribution >= 0.6 is 0 Å². The van der Waals surface area contributed by atoms with Crippen molar-refractivity contribution in [3.8, 4) is 18.1 Å². The third kappa shape index (κ3) is 4.84. The molecule has 0 aliphatic rings. The van der Waals surface area contributed by atoms with E-state index >= 15 is 0 Å². The molecular formula is C14H14F3NO2. The molecule has 1 rings (SSSR count). The van der Waals surface area contributed by atoms with Crippen LogP contribution in [0.5, 0.6) is 5.75 Å². The molecule has 3 nitrogen and oxygen atoms in total. The summed E-state index contributed by atoms with van der Waals surface area (Å²) in [4.78, 5) is 13.5. The summed E-state index contributed by atoms with van der Waals surface area (Å²) in [5.41, 5.74) is 0.267. The SMILES string of the molecule is C#CCN(CCC)C(=O)c1ccc(OC(F)(F)F)cc1. The summed E-state index contributed by atoms with van der Waals surface area (Å²) >= 11 is 0. The van der Waals surface area contributed by atoms with Gasteiger partial charge in [-0.25, -0.2) is 0 Å². The standard InChI is InChI=1S/C14H14F3NO2/c1-3-9-18(10-4-2)13(19)11-5-7-12(8-6-11)20-14(15,16)17/h1,5-8H,4,9-10H2,2H3. The van der Waals surface area contributed by atoms with Crippen LogP contribution in [0.1, 0.15) is 23.7 Å². The molecule has 1 aromatic carbocycles. The van der Waals surface area contributed by atoms with Gasteiger partial charge in [0.15, 0.2) is 0 Å². The molecule has 0 heterocycles. The minimum atomic E-state index is -4.75. The quantitative estimate of drug-likeness (QED) is 0.778. The maximum atomic E-state index is 12.1. The number of rotatable bonds is 5. The molecule has 0 aliphatic heterocycles. The molecule has 0 bridgehead atoms. The number of nitrogens with zero attached hydrogens (tertiary/aromatic N) is 1. The van der Waals surface area contributed by atoms with Crippen molar-refractivity contribution in [1.82, 2.24) is 4.90 Å². The lowest BCUT2D eigenvalue weighted by Gasteiger charge is -2.19. The highest BCUT2D eigenvalue weighted by Gasteiger charge is 2.31. The average Bonchev–Trinajstić information content (AvgIpc) is 2.37. The molecule has 0 fully saturated rings. The van der Waals surface area contributed by atoms with Crippen molar-refractivity contribution in [1.29, 1.82) is 0 Å². The van der Waals surface area contributed by atoms with Crippen molar-refractivity contribution < 1.29 is 22.7 Å². The number of benzene rings is 1. The Morgan fingerprint density at radius 1 is 1.35 bits per heavy atom. The summed E-state index contributed by atoms with van der Waals surface area (Å²) in [6.45, 7) is 2.55. The number of terminal acetylenes is 1. The molecule has 20 heavy (non-hydrogen) atoms. The van der Waals surface area contributed by atoms with Crippen LogP contribution in [-0.2, 0) is 0 Å². The maximum absolute atomic E-state index is 12.1. The van der Waals surface area contributed by atoms with Gasteiger partial charge in [-0.3, -0.25) is 4.79 Å². The van der Waals surface area contributed by atoms with E-state index in [-0.39, 0.29) is 23.8 Å². The number of ether oxygens (including phenoxy) is 1. The molecule has 0 unspecified atom stereocenters. The Bertz CT molecular complexity index is 489. The van der Waals surface area contributed by atoms with E-state index in [0.717, 1.165) is 18.6 Å². The first-order valence-electron chi connectivity index (χ1n) is 5.96. The van der Waals surface area contributed by atoms with Crippen LogP contribution in [0.25, 0.3) is 0 Å². The molecule has 0 saturated carbocycles. The fraction of sp³-hybridized carbons (Fsp3) is 0.357. The third-order valence-electron chi connectivity index (χ3n) is 2.40. The zero-order chi connectivity index (χ0) is 15.2. The van der Waals surface area contributed by atoms with E-state index in [1.54, 1.807) is 0 Å². The van der Waals surface area contributed by atoms with Crippen LogP contribution in [0.15, 0.2) is 24.3 Å². The van der Waals surface area contributed by atoms with Gasteiger partial charge in [0.25, 0.3) is 5.91 Å². The summed E-state index contributed by atoms with van der Waals surface area (Å²) in [5.74, 6) is 1.69. The van der Waals surface area contributed by atoms with Crippen LogP contribution in [0.3, 0.4) is 0 Å². The lowest BCUT2D eigenvalue weighted by molar-refractivity contribution is -0.274. The average molecular weight is 285 g/mol. The monoisotopic (exact) mass is 285 g/mol. The second kappa shape index (κ2) is 6.85. The molecule has 0 aromatic heterocycles. The summed E-state index contributed by atoms with van der Waals surface area (Å²) in [7, 11) is 0. The highest BCUT2D eigenvalue weighted by molar-refractivity contribution is 5.94. The Kier molecular flexibility index (Phi) is 5.44. The minimum Gasteiger partial charge on any atom is -0.406 e. The van der Waals surface area contributed by atoms with Gasteiger partial charge < -0.3 is 9.64 Å². The van der Waals surface area contributed by atoms with Crippen LogP contribution in [0.4, 0.5) is 13.2 Å². The van der Waals surface area contributed by atoms with Crippen LogP contribution in [0.2, 0.25) is 0 Å². The first-order valence-corrected chi connectivity index (χ1v) is 5.96. The van der Waals surface area contributed by atoms with Crippen LogP contribution < -0.4 is 4.74 Å². The highest BCUT2D eigenvalue weighted by atomic mass is 19.4. The predicted octanol–water partition coefficient (Wildman–Crippen LogP) is 3.07. The molecule has 1 amide bonds. The van der Waals surface area contributed by atoms with Gasteiger partial charge in [0.05, 0.1) is 6.54 Å². The van der Waals surface area contributed by atoms with Gasteiger partial charge in [-0.2, -0.15) is 0 Å². The van der Waals surface area contributed by atoms with Gasteiger partial charge in [-0.1, -0.05) is 12.8 Å². The topological polar surface area (TPSA) is 29.5 Å². The molecule has 0 atom stereocenters. The normalized spacial score (nSPS) is 10.8. The van der Waals surface area contributed by atoms with Crippen molar-refractivity contribution >= 4 is 5.91 Å². The molecule has 0 radical (unpaired) electrons. The molecular weight excluding hydrogens is 271 g/mol. The lowest BCUT2D eigenvalue weighted by atomic mass is 10.2. The molecule has 0 N–H and O–H groups in total. The fourth-order valence-electron chi connectivity index (χ4n) is 1.61. The molecule has 0 aliphatic carbocycles. The molecule has 108 valence electrons. The van der Waals surface area contributed by atoms with Gasteiger partial charge in [0.1, 0.15) is 5.75 Å². The summed E-state index contributed by atoms with van der Waals surface area (Å²) in [6, 6.07) is 4.76. The van der Waals surface area contributed by atoms with Gasteiger partial charge in [-0.05, 0) is 30.7 Å². The van der Waals surface area contributed by atoms with E-state index in [1.165, 1.54) is 17.0 Å². The second-order valence-corrected chi connectivity index (χ2v) is 4.00. The van der Waals surface area contributed by atoms with Crippen molar-refractivity contribution in [2.45, 2.75) is 19.7 Å². The van der Waals surface area contributed by atoms with Crippen molar-refractivity contribution in [2.75, 3.05) is 13.1 Å². The lowest BCUT2D eigenvalue weighted by Crippen LogP contribution is -2.32. The van der Waals surface area contributed by atoms with E-state index in [2.05, 4.69) is 10.7 Å². The predicted molar refractivity (Wildman–Crippen MR) is 68.2 cm³/mol. The molecule has 0 saturated heterocycles. The summed E-state index contributed by atoms with van der Waals surface area (Å²) in [5, 5.41) is 0. The molecule has 0 spiro atoms. The van der Waals surface area contributed by atoms with Gasteiger partial charge in [-0.15, -0.1) is 19.6 Å². The first kappa shape index (κ1) is 15.9. The van der Waals surface area contributed by atoms with E-state index < -0.39 is 6.36 Å². The number of carbonyl (C=O) groups excluding carboxylic acids is 1. The van der Waals surface area contributed by atoms with Crippen molar-refractivity contribution in [2.24, 2.45) is 0 Å². The summed E-state index contributed by atoms with van der Waals surface area (Å²) in [6.07, 6.45) is 1.17. The maximum Gasteiger partial charge on any atom is 0.573 e. The Hall–Kier alpha value is -2.16. The third-order valence-corrected chi connectivity index (χ3v) is 2.40. The molecule has 1 aromatic rings. The largest absolute Gasteiger partial charge is 0.573 e. The highest BCUT2D eigenvalue weighted by Crippen LogP contribution is 2.23. The van der Waals surface area contributed by atoms with E-state index in [1.807, 2.05) is 6.92 Å². The zero-order valence-corrected chi connectivity index (χ0v) is 10.9. The number of alkyl halides is 3. The first-order chi connectivity index (χ1) is 9.37. The van der Waals surface area contributed by atoms with Crippen molar-refractivity contribution in [3.63, 3.8) is 0 Å². The number of halogens is 3. The Morgan fingerprint density at radius 3 is 2.40 bits per heavy atom. The Morgan fingerprint density at radius 2 is 1.95 bits per heavy atom. The molecule has 6 heteroatoms. The van der Waals surface area contributed by atoms with Crippen LogP contribution in [-0.4, -0.2) is 30.3 Å². The Balaban J connectivity index is 2.81. The van der Waals surface area contributed by atoms with Gasteiger partial charge in [0, 0.05) is 12.1 Å². The van der Waals surface area contributed by atoms with E-state index in [9.17, 15) is 18.0 Å². The van der Waals surface area contributed by atoms with Crippen molar-refractivity contribution in [3.05, 3.63) is 29.8 Å². The Labute approximate surface area is 115 Å². The van der Waals surface area contributed by atoms with Gasteiger partial charge in [0.2, 0.25) is 0 Å². The number of hydrogen-bond acceptors (Lipinski definition) is 2. The van der Waals surface area contributed by atoms with E-state index in [4.69, 9.17) is 6.42 Å². The second-order valence-electron chi connectivity index (χ2n) is 4.00. The van der Waals surface area contributed by atoms with Crippen LogP contribution in [0, 0.1) is 12.3 Å². The number of amides is 1.